The van der Waals surface area contributed by atoms with Gasteiger partial charge in [0.1, 0.15) is 6.61 Å². The molecular formula is C39H77O8P. The van der Waals surface area contributed by atoms with Gasteiger partial charge in [-0.05, 0) is 24.7 Å². The summed E-state index contributed by atoms with van der Waals surface area (Å²) in [6, 6.07) is 0. The summed E-state index contributed by atoms with van der Waals surface area (Å²) in [6.45, 7) is 8.37. The molecule has 0 aliphatic rings. The van der Waals surface area contributed by atoms with E-state index in [9.17, 15) is 14.2 Å². The van der Waals surface area contributed by atoms with Crippen LogP contribution in [-0.4, -0.2) is 41.0 Å². The maximum atomic E-state index is 12.3. The highest BCUT2D eigenvalue weighted by Crippen LogP contribution is 2.36. The van der Waals surface area contributed by atoms with Crippen molar-refractivity contribution in [1.82, 2.24) is 0 Å². The predicted molar refractivity (Wildman–Crippen MR) is 198 cm³/mol. The molecule has 0 saturated carbocycles. The minimum atomic E-state index is -4.74. The van der Waals surface area contributed by atoms with Crippen molar-refractivity contribution < 1.29 is 37.9 Å². The molecule has 0 fully saturated rings. The molecule has 0 spiro atoms. The zero-order chi connectivity index (χ0) is 35.7. The third-order valence-corrected chi connectivity index (χ3v) is 9.83. The minimum absolute atomic E-state index is 0.217. The van der Waals surface area contributed by atoms with Crippen LogP contribution < -0.4 is 0 Å². The molecule has 0 aliphatic heterocycles. The van der Waals surface area contributed by atoms with Crippen LogP contribution in [-0.2, 0) is 28.2 Å². The molecule has 286 valence electrons. The molecule has 0 amide bonds. The van der Waals surface area contributed by atoms with Crippen molar-refractivity contribution >= 4 is 19.8 Å². The van der Waals surface area contributed by atoms with Crippen LogP contribution in [0.3, 0.4) is 0 Å². The van der Waals surface area contributed by atoms with E-state index < -0.39 is 32.5 Å². The van der Waals surface area contributed by atoms with Gasteiger partial charge in [-0.25, -0.2) is 4.57 Å². The summed E-state index contributed by atoms with van der Waals surface area (Å²) in [5.74, 6) is 0.796. The zero-order valence-corrected chi connectivity index (χ0v) is 32.6. The van der Waals surface area contributed by atoms with E-state index in [-0.39, 0.29) is 19.4 Å². The van der Waals surface area contributed by atoms with Gasteiger partial charge < -0.3 is 19.3 Å². The Morgan fingerprint density at radius 1 is 0.542 bits per heavy atom. The molecule has 2 N–H and O–H groups in total. The van der Waals surface area contributed by atoms with E-state index in [2.05, 4.69) is 32.2 Å². The Balaban J connectivity index is 3.88. The van der Waals surface area contributed by atoms with Crippen LogP contribution in [0.2, 0.25) is 0 Å². The fourth-order valence-electron chi connectivity index (χ4n) is 5.95. The summed E-state index contributed by atoms with van der Waals surface area (Å²) in [5, 5.41) is 0. The first-order valence-corrected chi connectivity index (χ1v) is 21.6. The first-order valence-electron chi connectivity index (χ1n) is 20.1. The Hall–Kier alpha value is -0.950. The van der Waals surface area contributed by atoms with Gasteiger partial charge in [0.25, 0.3) is 0 Å². The molecule has 1 unspecified atom stereocenters. The molecule has 0 bridgehead atoms. The molecule has 48 heavy (non-hydrogen) atoms. The van der Waals surface area contributed by atoms with Crippen molar-refractivity contribution in [3.8, 4) is 0 Å². The number of carbonyl (C=O) groups is 2. The average Bonchev–Trinajstić information content (AvgIpc) is 3.03. The highest BCUT2D eigenvalue weighted by atomic mass is 31.2. The second-order valence-electron chi connectivity index (χ2n) is 14.7. The average molecular weight is 705 g/mol. The van der Waals surface area contributed by atoms with Crippen LogP contribution in [0, 0.1) is 11.8 Å². The maximum absolute atomic E-state index is 12.3. The second kappa shape index (κ2) is 33.2. The topological polar surface area (TPSA) is 119 Å². The molecule has 0 radical (unpaired) electrons. The number of hydrogen-bond donors (Lipinski definition) is 2. The molecular weight excluding hydrogens is 627 g/mol. The molecule has 0 rings (SSSR count). The van der Waals surface area contributed by atoms with Gasteiger partial charge in [-0.1, -0.05) is 182 Å². The molecule has 9 heteroatoms. The molecule has 8 nitrogen and oxygen atoms in total. The number of rotatable bonds is 36. The summed E-state index contributed by atoms with van der Waals surface area (Å²) in [5.41, 5.74) is 0. The molecule has 0 heterocycles. The first-order chi connectivity index (χ1) is 23.0. The van der Waals surface area contributed by atoms with Crippen molar-refractivity contribution in [3.63, 3.8) is 0 Å². The molecule has 0 aromatic rings. The third kappa shape index (κ3) is 36.3. The Kier molecular flexibility index (Phi) is 32.6. The summed E-state index contributed by atoms with van der Waals surface area (Å²) in [6.07, 6.45) is 31.2. The molecule has 0 aromatic carbocycles. The lowest BCUT2D eigenvalue weighted by molar-refractivity contribution is -0.161. The SMILES string of the molecule is CCC(C)CCCCCCCCCCCCCCCCC(=O)OC[C@H](COP(=O)(O)O)OC(=O)CCCCCCCCCCCC(C)C. The van der Waals surface area contributed by atoms with Crippen LogP contribution in [0.5, 0.6) is 0 Å². The Labute approximate surface area is 295 Å². The van der Waals surface area contributed by atoms with E-state index in [0.717, 1.165) is 50.4 Å². The van der Waals surface area contributed by atoms with Crippen LogP contribution in [0.1, 0.15) is 207 Å². The van der Waals surface area contributed by atoms with Gasteiger partial charge in [0, 0.05) is 12.8 Å². The summed E-state index contributed by atoms with van der Waals surface area (Å²) in [4.78, 5) is 42.7. The quantitative estimate of drug-likeness (QED) is 0.0376. The van der Waals surface area contributed by atoms with Gasteiger partial charge >= 0.3 is 19.8 Å². The van der Waals surface area contributed by atoms with Gasteiger partial charge in [-0.2, -0.15) is 0 Å². The van der Waals surface area contributed by atoms with E-state index in [1.165, 1.54) is 122 Å². The highest BCUT2D eigenvalue weighted by molar-refractivity contribution is 7.46. The van der Waals surface area contributed by atoms with Crippen molar-refractivity contribution in [3.05, 3.63) is 0 Å². The van der Waals surface area contributed by atoms with Crippen LogP contribution >= 0.6 is 7.82 Å². The zero-order valence-electron chi connectivity index (χ0n) is 31.7. The van der Waals surface area contributed by atoms with E-state index in [1.54, 1.807) is 0 Å². The number of carbonyl (C=O) groups excluding carboxylic acids is 2. The summed E-state index contributed by atoms with van der Waals surface area (Å²) >= 11 is 0. The number of ether oxygens (including phenoxy) is 2. The largest absolute Gasteiger partial charge is 0.469 e. The van der Waals surface area contributed by atoms with Gasteiger partial charge in [-0.15, -0.1) is 0 Å². The van der Waals surface area contributed by atoms with Crippen LogP contribution in [0.25, 0.3) is 0 Å². The summed E-state index contributed by atoms with van der Waals surface area (Å²) < 4.78 is 26.3. The van der Waals surface area contributed by atoms with E-state index >= 15 is 0 Å². The van der Waals surface area contributed by atoms with Crippen molar-refractivity contribution in [2.75, 3.05) is 13.2 Å². The molecule has 2 atom stereocenters. The van der Waals surface area contributed by atoms with Crippen molar-refractivity contribution in [2.24, 2.45) is 11.8 Å². The Bertz CT molecular complexity index is 784. The first kappa shape index (κ1) is 47.0. The smallest absolute Gasteiger partial charge is 0.462 e. The fourth-order valence-corrected chi connectivity index (χ4v) is 6.31. The number of unbranched alkanes of at least 4 members (excludes halogenated alkanes) is 21. The lowest BCUT2D eigenvalue weighted by Gasteiger charge is -2.18. The standard InChI is InChI=1S/C39H77O8P/c1-5-36(4)30-26-22-18-14-10-8-6-7-9-11-15-19-23-27-31-38(40)45-33-37(34-46-48(42,43)44)47-39(41)32-28-24-20-16-12-13-17-21-25-29-35(2)3/h35-37H,5-34H2,1-4H3,(H2,42,43,44)/t36?,37-/m1/s1. The van der Waals surface area contributed by atoms with Crippen LogP contribution in [0.15, 0.2) is 0 Å². The lowest BCUT2D eigenvalue weighted by Crippen LogP contribution is -2.29. The van der Waals surface area contributed by atoms with Gasteiger partial charge in [0.2, 0.25) is 0 Å². The van der Waals surface area contributed by atoms with Gasteiger partial charge in [-0.3, -0.25) is 14.1 Å². The highest BCUT2D eigenvalue weighted by Gasteiger charge is 2.23. The minimum Gasteiger partial charge on any atom is -0.462 e. The van der Waals surface area contributed by atoms with E-state index in [4.69, 9.17) is 19.3 Å². The number of phosphoric ester groups is 1. The Morgan fingerprint density at radius 3 is 1.31 bits per heavy atom. The molecule has 0 aromatic heterocycles. The monoisotopic (exact) mass is 705 g/mol. The lowest BCUT2D eigenvalue weighted by atomic mass is 9.99. The number of esters is 2. The second-order valence-corrected chi connectivity index (χ2v) is 15.9. The molecule has 0 aliphatic carbocycles. The van der Waals surface area contributed by atoms with Gasteiger partial charge in [0.15, 0.2) is 6.10 Å². The predicted octanol–water partition coefficient (Wildman–Crippen LogP) is 11.8. The van der Waals surface area contributed by atoms with Crippen molar-refractivity contribution in [2.45, 2.75) is 214 Å². The van der Waals surface area contributed by atoms with E-state index in [0.29, 0.717) is 6.42 Å². The Morgan fingerprint density at radius 2 is 0.917 bits per heavy atom. The normalized spacial score (nSPS) is 13.1. The molecule has 0 saturated heterocycles. The summed E-state index contributed by atoms with van der Waals surface area (Å²) in [7, 11) is -4.74. The van der Waals surface area contributed by atoms with Crippen molar-refractivity contribution in [1.29, 1.82) is 0 Å². The van der Waals surface area contributed by atoms with E-state index in [1.807, 2.05) is 0 Å². The fraction of sp³-hybridized carbons (Fsp3) is 0.949. The maximum Gasteiger partial charge on any atom is 0.469 e. The number of phosphoric acid groups is 1. The van der Waals surface area contributed by atoms with Crippen LogP contribution in [0.4, 0.5) is 0 Å². The van der Waals surface area contributed by atoms with Gasteiger partial charge in [0.05, 0.1) is 6.61 Å². The number of hydrogen-bond acceptors (Lipinski definition) is 6. The third-order valence-electron chi connectivity index (χ3n) is 9.34.